The second kappa shape index (κ2) is 7.69. The molecule has 3 rings (SSSR count). The lowest BCUT2D eigenvalue weighted by molar-refractivity contribution is 0.308. The second-order valence-electron chi connectivity index (χ2n) is 7.90. The Morgan fingerprint density at radius 2 is 2.07 bits per heavy atom. The second-order valence-corrected chi connectivity index (χ2v) is 7.90. The highest BCUT2D eigenvalue weighted by atomic mass is 16.1. The highest BCUT2D eigenvalue weighted by molar-refractivity contribution is 5.93. The summed E-state index contributed by atoms with van der Waals surface area (Å²) in [5.41, 5.74) is 2.24. The molecule has 0 spiro atoms. The number of nitrogens with zero attached hydrogens (tertiary/aromatic N) is 3. The predicted octanol–water partition coefficient (Wildman–Crippen LogP) is 3.49. The first-order chi connectivity index (χ1) is 12.8. The van der Waals surface area contributed by atoms with Gasteiger partial charge in [-0.3, -0.25) is 4.79 Å². The average molecular weight is 367 g/mol. The molecule has 1 unspecified atom stereocenters. The lowest BCUT2D eigenvalue weighted by Gasteiger charge is -2.33. The summed E-state index contributed by atoms with van der Waals surface area (Å²) in [5.74, 6) is 1.31. The van der Waals surface area contributed by atoms with Crippen LogP contribution < -0.4 is 10.9 Å². The van der Waals surface area contributed by atoms with Crippen LogP contribution in [0.2, 0.25) is 0 Å². The fourth-order valence-corrected chi connectivity index (χ4v) is 4.06. The van der Waals surface area contributed by atoms with E-state index in [1.165, 1.54) is 10.3 Å². The van der Waals surface area contributed by atoms with Gasteiger partial charge in [-0.05, 0) is 51.4 Å². The molecule has 5 heteroatoms. The highest BCUT2D eigenvalue weighted by Gasteiger charge is 2.25. The summed E-state index contributed by atoms with van der Waals surface area (Å²) in [6.07, 6.45) is 7.95. The van der Waals surface area contributed by atoms with Gasteiger partial charge in [0.1, 0.15) is 0 Å². The summed E-state index contributed by atoms with van der Waals surface area (Å²) >= 11 is 0. The van der Waals surface area contributed by atoms with E-state index in [1.807, 2.05) is 25.1 Å². The molecule has 1 aliphatic carbocycles. The van der Waals surface area contributed by atoms with Crippen molar-refractivity contribution in [3.63, 3.8) is 0 Å². The van der Waals surface area contributed by atoms with Gasteiger partial charge in [0.05, 0.1) is 11.4 Å². The molecular weight excluding hydrogens is 336 g/mol. The van der Waals surface area contributed by atoms with Crippen molar-refractivity contribution >= 4 is 16.6 Å². The van der Waals surface area contributed by atoms with Gasteiger partial charge in [0.15, 0.2) is 5.82 Å². The summed E-state index contributed by atoms with van der Waals surface area (Å²) in [6.45, 7) is 6.39. The Morgan fingerprint density at radius 3 is 2.74 bits per heavy atom. The molecule has 2 aromatic rings. The molecule has 0 fully saturated rings. The lowest BCUT2D eigenvalue weighted by atomic mass is 9.90. The standard InChI is InChI=1S/C22H30N4O/c1-14-9-7-11-17(13-14)20(25(4)5)16(3)23-21-18-12-8-10-15(2)19(18)22(27)26(6)24-21/h7-8,10-14,16,20H,9H2,1-6H3,(H,23,24)/t14?,16-,20+/m1/s1. The van der Waals surface area contributed by atoms with E-state index in [0.29, 0.717) is 5.92 Å². The monoisotopic (exact) mass is 366 g/mol. The number of aryl methyl sites for hydroxylation is 2. The molecule has 1 aliphatic rings. The maximum absolute atomic E-state index is 12.6. The zero-order valence-corrected chi connectivity index (χ0v) is 17.2. The van der Waals surface area contributed by atoms with E-state index in [2.05, 4.69) is 61.5 Å². The Morgan fingerprint density at radius 1 is 1.33 bits per heavy atom. The third kappa shape index (κ3) is 3.83. The third-order valence-electron chi connectivity index (χ3n) is 5.32. The average Bonchev–Trinajstić information content (AvgIpc) is 2.59. The molecule has 1 aromatic carbocycles. The van der Waals surface area contributed by atoms with E-state index in [9.17, 15) is 4.79 Å². The molecule has 0 bridgehead atoms. The van der Waals surface area contributed by atoms with Gasteiger partial charge in [0, 0.05) is 18.5 Å². The fraction of sp³-hybridized carbons (Fsp3) is 0.455. The fourth-order valence-electron chi connectivity index (χ4n) is 4.06. The number of rotatable bonds is 5. The van der Waals surface area contributed by atoms with Gasteiger partial charge >= 0.3 is 0 Å². The van der Waals surface area contributed by atoms with E-state index < -0.39 is 0 Å². The van der Waals surface area contributed by atoms with Crippen molar-refractivity contribution in [2.75, 3.05) is 19.4 Å². The van der Waals surface area contributed by atoms with Crippen molar-refractivity contribution < 1.29 is 0 Å². The van der Waals surface area contributed by atoms with E-state index in [-0.39, 0.29) is 17.6 Å². The minimum absolute atomic E-state index is 0.0581. The zero-order valence-electron chi connectivity index (χ0n) is 17.2. The van der Waals surface area contributed by atoms with E-state index in [0.717, 1.165) is 28.6 Å². The van der Waals surface area contributed by atoms with Crippen LogP contribution in [0.5, 0.6) is 0 Å². The van der Waals surface area contributed by atoms with Crippen LogP contribution in [-0.4, -0.2) is 40.9 Å². The van der Waals surface area contributed by atoms with Crippen molar-refractivity contribution in [2.24, 2.45) is 13.0 Å². The van der Waals surface area contributed by atoms with Crippen molar-refractivity contribution in [2.45, 2.75) is 39.3 Å². The SMILES string of the molecule is Cc1cccc2c(N[C@H](C)[C@@H](C3=CC(C)CC=C3)N(C)C)nn(C)c(=O)c12. The van der Waals surface area contributed by atoms with E-state index in [1.54, 1.807) is 7.05 Å². The summed E-state index contributed by atoms with van der Waals surface area (Å²) in [7, 11) is 5.92. The number of nitrogens with one attached hydrogen (secondary N) is 1. The van der Waals surface area contributed by atoms with Gasteiger partial charge < -0.3 is 10.2 Å². The molecule has 3 atom stereocenters. The molecule has 1 aromatic heterocycles. The molecule has 27 heavy (non-hydrogen) atoms. The highest BCUT2D eigenvalue weighted by Crippen LogP contribution is 2.26. The van der Waals surface area contributed by atoms with Gasteiger partial charge in [0.2, 0.25) is 0 Å². The van der Waals surface area contributed by atoms with Crippen LogP contribution in [0.4, 0.5) is 5.82 Å². The van der Waals surface area contributed by atoms with Crippen LogP contribution >= 0.6 is 0 Å². The Hall–Kier alpha value is -2.40. The topological polar surface area (TPSA) is 50.2 Å². The van der Waals surface area contributed by atoms with Gasteiger partial charge in [0.25, 0.3) is 5.56 Å². The van der Waals surface area contributed by atoms with Crippen LogP contribution in [-0.2, 0) is 7.05 Å². The first kappa shape index (κ1) is 19.4. The number of likely N-dealkylation sites (N-methyl/N-ethyl adjacent to an activating group) is 1. The van der Waals surface area contributed by atoms with Crippen molar-refractivity contribution in [3.05, 3.63) is 57.9 Å². The normalized spacial score (nSPS) is 19.2. The van der Waals surface area contributed by atoms with Crippen LogP contribution in [0.1, 0.15) is 25.8 Å². The maximum atomic E-state index is 12.6. The van der Waals surface area contributed by atoms with Crippen LogP contribution in [0.3, 0.4) is 0 Å². The van der Waals surface area contributed by atoms with Crippen molar-refractivity contribution in [1.82, 2.24) is 14.7 Å². The molecule has 5 nitrogen and oxygen atoms in total. The van der Waals surface area contributed by atoms with Gasteiger partial charge in [-0.25, -0.2) is 4.68 Å². The zero-order chi connectivity index (χ0) is 19.7. The molecule has 0 saturated carbocycles. The van der Waals surface area contributed by atoms with Crippen LogP contribution in [0, 0.1) is 12.8 Å². The van der Waals surface area contributed by atoms with E-state index >= 15 is 0 Å². The Kier molecular flexibility index (Phi) is 5.51. The largest absolute Gasteiger partial charge is 0.364 e. The minimum Gasteiger partial charge on any atom is -0.364 e. The van der Waals surface area contributed by atoms with Gasteiger partial charge in [-0.2, -0.15) is 5.10 Å². The van der Waals surface area contributed by atoms with Crippen molar-refractivity contribution in [1.29, 1.82) is 0 Å². The number of fused-ring (bicyclic) bond motifs is 1. The summed E-state index contributed by atoms with van der Waals surface area (Å²) in [5, 5.41) is 9.72. The Bertz CT molecular complexity index is 955. The molecule has 0 amide bonds. The molecule has 1 heterocycles. The molecule has 1 N–H and O–H groups in total. The lowest BCUT2D eigenvalue weighted by Crippen LogP contribution is -2.43. The van der Waals surface area contributed by atoms with Gasteiger partial charge in [-0.1, -0.05) is 43.4 Å². The molecule has 0 radical (unpaired) electrons. The molecule has 0 saturated heterocycles. The Balaban J connectivity index is 2.01. The number of hydrogen-bond donors (Lipinski definition) is 1. The first-order valence-corrected chi connectivity index (χ1v) is 9.57. The van der Waals surface area contributed by atoms with E-state index in [4.69, 9.17) is 0 Å². The Labute approximate surface area is 161 Å². The third-order valence-corrected chi connectivity index (χ3v) is 5.32. The number of aromatic nitrogens is 2. The predicted molar refractivity (Wildman–Crippen MR) is 113 cm³/mol. The quantitative estimate of drug-likeness (QED) is 0.880. The number of hydrogen-bond acceptors (Lipinski definition) is 4. The molecule has 0 aliphatic heterocycles. The number of allylic oxidation sites excluding steroid dienone is 2. The maximum Gasteiger partial charge on any atom is 0.274 e. The van der Waals surface area contributed by atoms with Crippen molar-refractivity contribution in [3.8, 4) is 0 Å². The smallest absolute Gasteiger partial charge is 0.274 e. The first-order valence-electron chi connectivity index (χ1n) is 9.57. The van der Waals surface area contributed by atoms with Gasteiger partial charge in [-0.15, -0.1) is 0 Å². The van der Waals surface area contributed by atoms with Crippen LogP contribution in [0.15, 0.2) is 46.8 Å². The summed E-state index contributed by atoms with van der Waals surface area (Å²) in [4.78, 5) is 14.8. The van der Waals surface area contributed by atoms with Crippen LogP contribution in [0.25, 0.3) is 10.8 Å². The summed E-state index contributed by atoms with van der Waals surface area (Å²) in [6, 6.07) is 6.25. The molecule has 144 valence electrons. The molecular formula is C22H30N4O. The summed E-state index contributed by atoms with van der Waals surface area (Å²) < 4.78 is 1.43. The minimum atomic E-state index is -0.0581. The number of anilines is 1. The number of benzene rings is 1.